The molecule has 0 bridgehead atoms. The average molecular weight is 207 g/mol. The molecule has 1 aromatic carbocycles. The molecule has 0 aliphatic carbocycles. The van der Waals surface area contributed by atoms with Crippen molar-refractivity contribution in [1.29, 1.82) is 0 Å². The highest BCUT2D eigenvalue weighted by molar-refractivity contribution is 6.37. The van der Waals surface area contributed by atoms with Gasteiger partial charge in [-0.05, 0) is 12.1 Å². The van der Waals surface area contributed by atoms with Gasteiger partial charge in [-0.3, -0.25) is 9.69 Å². The van der Waals surface area contributed by atoms with E-state index < -0.39 is 11.9 Å². The molecule has 1 N–H and O–H groups in total. The normalized spacial score (nSPS) is 9.33. The molecule has 0 fully saturated rings. The molecule has 0 spiro atoms. The van der Waals surface area contributed by atoms with Crippen LogP contribution in [0.5, 0.6) is 0 Å². The molecule has 0 unspecified atom stereocenters. The highest BCUT2D eigenvalue weighted by atomic mass is 16.4. The van der Waals surface area contributed by atoms with E-state index in [1.807, 2.05) is 0 Å². The molecule has 0 heterocycles. The number of rotatable bonds is 3. The topological polar surface area (TPSA) is 74.7 Å². The van der Waals surface area contributed by atoms with E-state index in [9.17, 15) is 14.4 Å². The Morgan fingerprint density at radius 3 is 2.33 bits per heavy atom. The van der Waals surface area contributed by atoms with Gasteiger partial charge < -0.3 is 9.90 Å². The number of hydrogen-bond acceptors (Lipinski definition) is 3. The minimum Gasteiger partial charge on any atom is -0.474 e. The van der Waals surface area contributed by atoms with Crippen molar-refractivity contribution in [3.8, 4) is 0 Å². The van der Waals surface area contributed by atoms with E-state index in [4.69, 9.17) is 5.11 Å². The fourth-order valence-electron chi connectivity index (χ4n) is 1.10. The summed E-state index contributed by atoms with van der Waals surface area (Å²) in [6.45, 7) is -0.269. The Labute approximate surface area is 85.9 Å². The quantitative estimate of drug-likeness (QED) is 0.571. The van der Waals surface area contributed by atoms with Crippen LogP contribution in [0.3, 0.4) is 0 Å². The Hall–Kier alpha value is -2.17. The van der Waals surface area contributed by atoms with Crippen LogP contribution >= 0.6 is 0 Å². The maximum absolute atomic E-state index is 11.2. The number of carbonyl (C=O) groups excluding carboxylic acids is 2. The first kappa shape index (κ1) is 10.9. The van der Waals surface area contributed by atoms with Crippen molar-refractivity contribution < 1.29 is 19.5 Å². The Bertz CT molecular complexity index is 374. The number of carboxylic acids is 1. The van der Waals surface area contributed by atoms with Crippen molar-refractivity contribution in [3.05, 3.63) is 30.3 Å². The van der Waals surface area contributed by atoms with Gasteiger partial charge in [-0.1, -0.05) is 18.2 Å². The van der Waals surface area contributed by atoms with Crippen molar-refractivity contribution in [2.24, 2.45) is 0 Å². The van der Waals surface area contributed by atoms with Crippen molar-refractivity contribution in [2.45, 2.75) is 0 Å². The summed E-state index contributed by atoms with van der Waals surface area (Å²) in [5.74, 6) is -2.70. The summed E-state index contributed by atoms with van der Waals surface area (Å²) in [5, 5.41) is 8.53. The summed E-state index contributed by atoms with van der Waals surface area (Å²) in [6, 6.07) is 8.16. The third-order valence-corrected chi connectivity index (χ3v) is 1.75. The number of hydrogen-bond donors (Lipinski definition) is 1. The van der Waals surface area contributed by atoms with Gasteiger partial charge in [0, 0.05) is 5.69 Å². The number of benzene rings is 1. The van der Waals surface area contributed by atoms with Crippen molar-refractivity contribution in [2.75, 3.05) is 11.4 Å². The molecular weight excluding hydrogens is 198 g/mol. The van der Waals surface area contributed by atoms with E-state index in [0.717, 1.165) is 4.90 Å². The van der Waals surface area contributed by atoms with Gasteiger partial charge in [-0.25, -0.2) is 4.79 Å². The minimum absolute atomic E-state index is 0.269. The van der Waals surface area contributed by atoms with Crippen molar-refractivity contribution in [3.63, 3.8) is 0 Å². The number of anilines is 1. The molecule has 0 saturated heterocycles. The zero-order valence-corrected chi connectivity index (χ0v) is 7.79. The predicted molar refractivity (Wildman–Crippen MR) is 52.5 cm³/mol. The monoisotopic (exact) mass is 207 g/mol. The van der Waals surface area contributed by atoms with Gasteiger partial charge in [0.2, 0.25) is 0 Å². The molecule has 1 amide bonds. The minimum atomic E-state index is -1.58. The summed E-state index contributed by atoms with van der Waals surface area (Å²) in [4.78, 5) is 32.9. The van der Waals surface area contributed by atoms with Crippen LogP contribution in [0, 0.1) is 0 Å². The third kappa shape index (κ3) is 2.63. The molecule has 5 nitrogen and oxygen atoms in total. The number of nitrogens with zero attached hydrogens (tertiary/aromatic N) is 1. The number of amides is 1. The van der Waals surface area contributed by atoms with Gasteiger partial charge in [0.15, 0.2) is 0 Å². The Kier molecular flexibility index (Phi) is 3.56. The number of aldehydes is 1. The number of carbonyl (C=O) groups is 3. The molecule has 1 rings (SSSR count). The van der Waals surface area contributed by atoms with Crippen LogP contribution in [0.2, 0.25) is 0 Å². The zero-order valence-electron chi connectivity index (χ0n) is 7.79. The lowest BCUT2D eigenvalue weighted by atomic mass is 10.3. The highest BCUT2D eigenvalue weighted by Crippen LogP contribution is 2.12. The fraction of sp³-hybridized carbons (Fsp3) is 0.100. The Balaban J connectivity index is 2.98. The lowest BCUT2D eigenvalue weighted by molar-refractivity contribution is -0.148. The van der Waals surface area contributed by atoms with E-state index in [1.54, 1.807) is 30.3 Å². The fourth-order valence-corrected chi connectivity index (χ4v) is 1.10. The Morgan fingerprint density at radius 1 is 1.27 bits per heavy atom. The van der Waals surface area contributed by atoms with E-state index in [1.165, 1.54) is 0 Å². The lowest BCUT2D eigenvalue weighted by Crippen LogP contribution is -2.37. The van der Waals surface area contributed by atoms with E-state index in [0.29, 0.717) is 12.0 Å². The smallest absolute Gasteiger partial charge is 0.394 e. The van der Waals surface area contributed by atoms with Crippen molar-refractivity contribution in [1.82, 2.24) is 0 Å². The van der Waals surface area contributed by atoms with Gasteiger partial charge in [-0.2, -0.15) is 0 Å². The standard InChI is InChI=1S/C10H9NO4/c12-7-6-11(9(13)10(14)15)8-4-2-1-3-5-8/h1-5,7H,6H2,(H,14,15). The van der Waals surface area contributed by atoms with Crippen molar-refractivity contribution >= 4 is 23.9 Å². The molecule has 0 atom stereocenters. The van der Waals surface area contributed by atoms with Crippen LogP contribution in [0.4, 0.5) is 5.69 Å². The SMILES string of the molecule is O=CCN(C(=O)C(=O)O)c1ccccc1. The second kappa shape index (κ2) is 4.90. The molecule has 1 aromatic rings. The number of para-hydroxylation sites is 1. The third-order valence-electron chi connectivity index (χ3n) is 1.75. The number of aliphatic carboxylic acids is 1. The average Bonchev–Trinajstić information content (AvgIpc) is 2.26. The van der Waals surface area contributed by atoms with Crippen LogP contribution < -0.4 is 4.90 Å². The lowest BCUT2D eigenvalue weighted by Gasteiger charge is -2.17. The first-order valence-corrected chi connectivity index (χ1v) is 4.20. The first-order valence-electron chi connectivity index (χ1n) is 4.20. The Morgan fingerprint density at radius 2 is 1.87 bits per heavy atom. The number of carboxylic acid groups (broad SMARTS) is 1. The summed E-state index contributed by atoms with van der Waals surface area (Å²) in [6.07, 6.45) is 0.480. The van der Waals surface area contributed by atoms with Gasteiger partial charge in [0.05, 0.1) is 6.54 Å². The van der Waals surface area contributed by atoms with Crippen LogP contribution in [-0.2, 0) is 14.4 Å². The van der Waals surface area contributed by atoms with E-state index in [-0.39, 0.29) is 6.54 Å². The van der Waals surface area contributed by atoms with Gasteiger partial charge >= 0.3 is 11.9 Å². The van der Waals surface area contributed by atoms with Crippen LogP contribution in [0.1, 0.15) is 0 Å². The second-order valence-electron chi connectivity index (χ2n) is 2.72. The summed E-state index contributed by atoms with van der Waals surface area (Å²) in [7, 11) is 0. The predicted octanol–water partition coefficient (Wildman–Crippen LogP) is 0.303. The zero-order chi connectivity index (χ0) is 11.3. The molecule has 0 radical (unpaired) electrons. The maximum Gasteiger partial charge on any atom is 0.394 e. The second-order valence-corrected chi connectivity index (χ2v) is 2.72. The van der Waals surface area contributed by atoms with E-state index >= 15 is 0 Å². The molecule has 0 saturated carbocycles. The highest BCUT2D eigenvalue weighted by Gasteiger charge is 2.21. The maximum atomic E-state index is 11.2. The largest absolute Gasteiger partial charge is 0.474 e. The summed E-state index contributed by atoms with van der Waals surface area (Å²) >= 11 is 0. The first-order chi connectivity index (χ1) is 7.16. The van der Waals surface area contributed by atoms with Gasteiger partial charge in [0.25, 0.3) is 0 Å². The molecule has 78 valence electrons. The van der Waals surface area contributed by atoms with Crippen LogP contribution in [-0.4, -0.2) is 29.8 Å². The van der Waals surface area contributed by atoms with E-state index in [2.05, 4.69) is 0 Å². The van der Waals surface area contributed by atoms with Gasteiger partial charge in [0.1, 0.15) is 6.29 Å². The molecule has 0 aromatic heterocycles. The molecule has 5 heteroatoms. The van der Waals surface area contributed by atoms with Crippen LogP contribution in [0.25, 0.3) is 0 Å². The molecule has 15 heavy (non-hydrogen) atoms. The summed E-state index contributed by atoms with van der Waals surface area (Å²) in [5.41, 5.74) is 0.386. The molecule has 0 aliphatic rings. The molecule has 0 aliphatic heterocycles. The molecular formula is C10H9NO4. The van der Waals surface area contributed by atoms with Crippen LogP contribution in [0.15, 0.2) is 30.3 Å². The van der Waals surface area contributed by atoms with Gasteiger partial charge in [-0.15, -0.1) is 0 Å². The summed E-state index contributed by atoms with van der Waals surface area (Å²) < 4.78 is 0.